The number of aryl methyl sites for hydroxylation is 1. The van der Waals surface area contributed by atoms with Gasteiger partial charge in [-0.25, -0.2) is 4.79 Å². The highest BCUT2D eigenvalue weighted by Gasteiger charge is 2.29. The first-order valence-electron chi connectivity index (χ1n) is 12.0. The van der Waals surface area contributed by atoms with Crippen molar-refractivity contribution >= 4 is 34.4 Å². The molecule has 0 radical (unpaired) electrons. The molecule has 10 nitrogen and oxygen atoms in total. The second-order valence-corrected chi connectivity index (χ2v) is 9.09. The molecule has 0 atom stereocenters. The number of imide groups is 1. The van der Waals surface area contributed by atoms with Crippen molar-refractivity contribution in [2.24, 2.45) is 11.7 Å². The largest absolute Gasteiger partial charge is 0.496 e. The number of nitrogens with zero attached hydrogens (tertiary/aromatic N) is 1. The van der Waals surface area contributed by atoms with Gasteiger partial charge in [-0.15, -0.1) is 0 Å². The van der Waals surface area contributed by atoms with Crippen LogP contribution in [0.4, 0.5) is 5.69 Å². The summed E-state index contributed by atoms with van der Waals surface area (Å²) in [5, 5.41) is 5.28. The number of carbonyl (C=O) groups excluding carboxylic acids is 3. The van der Waals surface area contributed by atoms with Gasteiger partial charge in [0, 0.05) is 36.7 Å². The Hall–Kier alpha value is -3.92. The van der Waals surface area contributed by atoms with Crippen LogP contribution < -0.4 is 26.8 Å². The zero-order valence-electron chi connectivity index (χ0n) is 20.4. The van der Waals surface area contributed by atoms with Crippen LogP contribution in [0.2, 0.25) is 0 Å². The van der Waals surface area contributed by atoms with Crippen molar-refractivity contribution in [1.82, 2.24) is 14.9 Å². The van der Waals surface area contributed by atoms with Crippen LogP contribution in [0.1, 0.15) is 54.1 Å². The number of carbonyl (C=O) groups is 3. The number of para-hydroxylation sites is 1. The summed E-state index contributed by atoms with van der Waals surface area (Å²) in [6.45, 7) is 2.07. The van der Waals surface area contributed by atoms with Gasteiger partial charge in [0.1, 0.15) is 5.75 Å². The molecule has 0 unspecified atom stereocenters. The lowest BCUT2D eigenvalue weighted by atomic mass is 9.85. The van der Waals surface area contributed by atoms with Crippen LogP contribution in [0.15, 0.2) is 41.2 Å². The lowest BCUT2D eigenvalue weighted by Crippen LogP contribution is -2.31. The second-order valence-electron chi connectivity index (χ2n) is 9.09. The van der Waals surface area contributed by atoms with E-state index in [1.54, 1.807) is 29.9 Å². The highest BCUT2D eigenvalue weighted by molar-refractivity contribution is 6.11. The molecule has 3 aromatic rings. The van der Waals surface area contributed by atoms with Gasteiger partial charge >= 0.3 is 5.69 Å². The molecule has 0 bridgehead atoms. The SMILES string of the molecule is COc1cc(NC(=O)C2CCC(n3c(=O)[nH]c4c(C(=O)NC(=O)CCN)cccc43)CC2)ccc1C. The van der Waals surface area contributed by atoms with Crippen LogP contribution in [0.3, 0.4) is 0 Å². The van der Waals surface area contributed by atoms with Crippen molar-refractivity contribution in [1.29, 1.82) is 0 Å². The average molecular weight is 494 g/mol. The van der Waals surface area contributed by atoms with Gasteiger partial charge in [-0.2, -0.15) is 0 Å². The number of imidazole rings is 1. The molecule has 1 aromatic heterocycles. The van der Waals surface area contributed by atoms with E-state index in [4.69, 9.17) is 10.5 Å². The maximum absolute atomic E-state index is 12.9. The third-order valence-electron chi connectivity index (χ3n) is 6.73. The number of aromatic nitrogens is 2. The number of methoxy groups -OCH3 is 1. The van der Waals surface area contributed by atoms with Crippen LogP contribution in [-0.2, 0) is 9.59 Å². The molecule has 10 heteroatoms. The summed E-state index contributed by atoms with van der Waals surface area (Å²) in [7, 11) is 1.60. The summed E-state index contributed by atoms with van der Waals surface area (Å²) in [4.78, 5) is 52.9. The van der Waals surface area contributed by atoms with E-state index < -0.39 is 11.8 Å². The molecule has 1 aliphatic carbocycles. The topological polar surface area (TPSA) is 148 Å². The monoisotopic (exact) mass is 493 g/mol. The smallest absolute Gasteiger partial charge is 0.326 e. The molecule has 5 N–H and O–H groups in total. The fourth-order valence-corrected chi connectivity index (χ4v) is 4.83. The van der Waals surface area contributed by atoms with Gasteiger partial charge < -0.3 is 20.8 Å². The predicted molar refractivity (Wildman–Crippen MR) is 136 cm³/mol. The van der Waals surface area contributed by atoms with Crippen molar-refractivity contribution in [3.63, 3.8) is 0 Å². The first-order chi connectivity index (χ1) is 17.3. The Morgan fingerprint density at radius 3 is 2.58 bits per heavy atom. The Morgan fingerprint density at radius 2 is 1.89 bits per heavy atom. The molecule has 190 valence electrons. The van der Waals surface area contributed by atoms with Crippen molar-refractivity contribution in [3.8, 4) is 5.75 Å². The van der Waals surface area contributed by atoms with Gasteiger partial charge in [-0.1, -0.05) is 12.1 Å². The summed E-state index contributed by atoms with van der Waals surface area (Å²) >= 11 is 0. The number of rotatable bonds is 7. The van der Waals surface area contributed by atoms with Crippen LogP contribution in [-0.4, -0.2) is 40.9 Å². The molecule has 1 heterocycles. The number of fused-ring (bicyclic) bond motifs is 1. The van der Waals surface area contributed by atoms with Crippen LogP contribution in [0.25, 0.3) is 11.0 Å². The minimum atomic E-state index is -0.583. The van der Waals surface area contributed by atoms with Gasteiger partial charge in [-0.05, 0) is 56.4 Å². The number of benzene rings is 2. The van der Waals surface area contributed by atoms with Crippen LogP contribution >= 0.6 is 0 Å². The van der Waals surface area contributed by atoms with Crippen molar-refractivity contribution in [2.45, 2.75) is 45.1 Å². The van der Waals surface area contributed by atoms with Gasteiger partial charge in [0.05, 0.1) is 23.7 Å². The molecule has 36 heavy (non-hydrogen) atoms. The molecule has 0 saturated heterocycles. The molecule has 1 saturated carbocycles. The normalized spacial score (nSPS) is 17.5. The van der Waals surface area contributed by atoms with Crippen molar-refractivity contribution in [3.05, 3.63) is 58.0 Å². The molecule has 4 rings (SSSR count). The Kier molecular flexibility index (Phi) is 7.54. The molecule has 3 amide bonds. The molecule has 1 fully saturated rings. The number of ether oxygens (including phenoxy) is 1. The Morgan fingerprint density at radius 1 is 1.14 bits per heavy atom. The number of aromatic amines is 1. The maximum Gasteiger partial charge on any atom is 0.326 e. The van der Waals surface area contributed by atoms with E-state index in [0.717, 1.165) is 5.56 Å². The average Bonchev–Trinajstić information content (AvgIpc) is 3.21. The van der Waals surface area contributed by atoms with E-state index in [-0.39, 0.29) is 42.1 Å². The first-order valence-corrected chi connectivity index (χ1v) is 12.0. The zero-order valence-corrected chi connectivity index (χ0v) is 20.4. The van der Waals surface area contributed by atoms with Crippen LogP contribution in [0, 0.1) is 12.8 Å². The lowest BCUT2D eigenvalue weighted by molar-refractivity contribution is -0.121. The molecule has 0 spiro atoms. The molecular formula is C26H31N5O5. The Balaban J connectivity index is 1.46. The number of nitrogens with one attached hydrogen (secondary N) is 3. The van der Waals surface area contributed by atoms with E-state index in [2.05, 4.69) is 15.6 Å². The highest BCUT2D eigenvalue weighted by atomic mass is 16.5. The molecule has 1 aliphatic rings. The number of hydrogen-bond acceptors (Lipinski definition) is 6. The minimum Gasteiger partial charge on any atom is -0.496 e. The van der Waals surface area contributed by atoms with Gasteiger partial charge in [0.15, 0.2) is 0 Å². The van der Waals surface area contributed by atoms with E-state index >= 15 is 0 Å². The van der Waals surface area contributed by atoms with E-state index in [0.29, 0.717) is 48.2 Å². The number of nitrogens with two attached hydrogens (primary N) is 1. The van der Waals surface area contributed by atoms with Gasteiger partial charge in [0.2, 0.25) is 11.8 Å². The van der Waals surface area contributed by atoms with Crippen molar-refractivity contribution < 1.29 is 19.1 Å². The molecular weight excluding hydrogens is 462 g/mol. The highest BCUT2D eigenvalue weighted by Crippen LogP contribution is 2.34. The van der Waals surface area contributed by atoms with Gasteiger partial charge in [0.25, 0.3) is 5.91 Å². The summed E-state index contributed by atoms with van der Waals surface area (Å²) < 4.78 is 6.99. The standard InChI is InChI=1S/C26H31N5O5/c1-15-6-9-17(14-21(15)36-2)28-24(33)16-7-10-18(11-8-16)31-20-5-3-4-19(23(20)30-26(31)35)25(34)29-22(32)12-13-27/h3-6,9,14,16,18H,7-8,10-13,27H2,1-2H3,(H,28,33)(H,30,35)(H,29,32,34). The zero-order chi connectivity index (χ0) is 25.8. The van der Waals surface area contributed by atoms with Crippen molar-refractivity contribution in [2.75, 3.05) is 19.0 Å². The third-order valence-corrected chi connectivity index (χ3v) is 6.73. The first kappa shape index (κ1) is 25.2. The Bertz CT molecular complexity index is 1350. The van der Waals surface area contributed by atoms with E-state index in [9.17, 15) is 19.2 Å². The summed E-state index contributed by atoms with van der Waals surface area (Å²) in [6.07, 6.45) is 2.59. The maximum atomic E-state index is 12.9. The fourth-order valence-electron chi connectivity index (χ4n) is 4.83. The third kappa shape index (κ3) is 5.18. The summed E-state index contributed by atoms with van der Waals surface area (Å²) in [5.41, 5.74) is 7.92. The lowest BCUT2D eigenvalue weighted by Gasteiger charge is -2.28. The number of hydrogen-bond donors (Lipinski definition) is 4. The number of amides is 3. The fraction of sp³-hybridized carbons (Fsp3) is 0.385. The minimum absolute atomic E-state index is 0.0352. The number of H-pyrrole nitrogens is 1. The summed E-state index contributed by atoms with van der Waals surface area (Å²) in [5.74, 6) is -0.550. The van der Waals surface area contributed by atoms with E-state index in [1.165, 1.54) is 0 Å². The molecule has 0 aliphatic heterocycles. The molecule has 2 aromatic carbocycles. The quantitative estimate of drug-likeness (QED) is 0.398. The second kappa shape index (κ2) is 10.8. The van der Waals surface area contributed by atoms with Gasteiger partial charge in [-0.3, -0.25) is 24.3 Å². The summed E-state index contributed by atoms with van der Waals surface area (Å²) in [6, 6.07) is 10.5. The predicted octanol–water partition coefficient (Wildman–Crippen LogP) is 2.62. The number of anilines is 1. The van der Waals surface area contributed by atoms with Crippen LogP contribution in [0.5, 0.6) is 5.75 Å². The van der Waals surface area contributed by atoms with E-state index in [1.807, 2.05) is 25.1 Å². The Labute approximate surface area is 208 Å².